The monoisotopic (exact) mass is 447 g/mol. The number of hydrazone groups is 1. The molecule has 0 aliphatic carbocycles. The fourth-order valence-corrected chi connectivity index (χ4v) is 3.92. The van der Waals surface area contributed by atoms with Gasteiger partial charge in [0.05, 0.1) is 23.6 Å². The largest absolute Gasteiger partial charge is 0.481 e. The zero-order valence-electron chi connectivity index (χ0n) is 17.6. The first-order valence-electron chi connectivity index (χ1n) is 10.1. The van der Waals surface area contributed by atoms with E-state index in [9.17, 15) is 9.59 Å². The Morgan fingerprint density at radius 1 is 1.12 bits per heavy atom. The summed E-state index contributed by atoms with van der Waals surface area (Å²) in [6.45, 7) is 3.60. The summed E-state index contributed by atoms with van der Waals surface area (Å²) in [5, 5.41) is 8.15. The van der Waals surface area contributed by atoms with Crippen LogP contribution in [0.3, 0.4) is 0 Å². The van der Waals surface area contributed by atoms with E-state index in [-0.39, 0.29) is 19.1 Å². The third kappa shape index (κ3) is 4.60. The molecule has 4 rings (SSSR count). The summed E-state index contributed by atoms with van der Waals surface area (Å²) in [5.41, 5.74) is 3.45. The minimum atomic E-state index is -0.450. The zero-order valence-corrected chi connectivity index (χ0v) is 18.5. The van der Waals surface area contributed by atoms with Crippen LogP contribution < -0.4 is 9.75 Å². The molecule has 0 bridgehead atoms. The van der Waals surface area contributed by atoms with Crippen LogP contribution in [-0.4, -0.2) is 35.8 Å². The number of hydrogen-bond acceptors (Lipinski definition) is 7. The van der Waals surface area contributed by atoms with Crippen LogP contribution in [0, 0.1) is 0 Å². The molecule has 1 aliphatic rings. The van der Waals surface area contributed by atoms with Crippen molar-refractivity contribution in [1.82, 2.24) is 4.98 Å². The molecule has 0 atom stereocenters. The highest BCUT2D eigenvalue weighted by Crippen LogP contribution is 2.32. The highest BCUT2D eigenvalue weighted by Gasteiger charge is 2.31. The summed E-state index contributed by atoms with van der Waals surface area (Å²) in [5.74, 6) is -0.238. The van der Waals surface area contributed by atoms with Crippen molar-refractivity contribution in [1.29, 1.82) is 0 Å². The number of carbonyl (C=O) groups is 2. The number of aromatic nitrogens is 1. The Morgan fingerprint density at radius 2 is 1.88 bits per heavy atom. The van der Waals surface area contributed by atoms with E-state index in [1.165, 1.54) is 16.3 Å². The van der Waals surface area contributed by atoms with Crippen molar-refractivity contribution in [3.8, 4) is 17.0 Å². The maximum Gasteiger partial charge on any atom is 0.344 e. The summed E-state index contributed by atoms with van der Waals surface area (Å²) in [4.78, 5) is 29.3. The van der Waals surface area contributed by atoms with E-state index in [1.807, 2.05) is 47.8 Å². The molecule has 7 nitrogen and oxygen atoms in total. The molecule has 2 aromatic carbocycles. The Balaban J connectivity index is 1.56. The number of rotatable bonds is 7. The molecule has 0 fully saturated rings. The molecule has 162 valence electrons. The first-order valence-corrected chi connectivity index (χ1v) is 10.9. The number of thiazole rings is 1. The van der Waals surface area contributed by atoms with Gasteiger partial charge in [-0.25, -0.2) is 9.78 Å². The first-order chi connectivity index (χ1) is 15.6. The summed E-state index contributed by atoms with van der Waals surface area (Å²) in [7, 11) is 0. The third-order valence-corrected chi connectivity index (χ3v) is 5.49. The van der Waals surface area contributed by atoms with Gasteiger partial charge >= 0.3 is 5.97 Å². The van der Waals surface area contributed by atoms with Gasteiger partial charge in [0.2, 0.25) is 5.13 Å². The van der Waals surface area contributed by atoms with E-state index in [1.54, 1.807) is 32.1 Å². The van der Waals surface area contributed by atoms with Gasteiger partial charge in [0.25, 0.3) is 5.91 Å². The number of hydrogen-bond donors (Lipinski definition) is 0. The molecule has 1 aliphatic heterocycles. The minimum Gasteiger partial charge on any atom is -0.481 e. The molecule has 0 radical (unpaired) electrons. The molecule has 0 spiro atoms. The summed E-state index contributed by atoms with van der Waals surface area (Å²) in [6, 6.07) is 17.0. The van der Waals surface area contributed by atoms with Crippen LogP contribution in [0.4, 0.5) is 5.13 Å². The number of nitrogens with zero attached hydrogens (tertiary/aromatic N) is 3. The van der Waals surface area contributed by atoms with Crippen molar-refractivity contribution in [3.63, 3.8) is 0 Å². The van der Waals surface area contributed by atoms with Gasteiger partial charge in [0.1, 0.15) is 5.75 Å². The number of esters is 1. The number of amides is 1. The van der Waals surface area contributed by atoms with Gasteiger partial charge in [-0.3, -0.25) is 4.79 Å². The van der Waals surface area contributed by atoms with E-state index in [0.29, 0.717) is 27.7 Å². The predicted octanol–water partition coefficient (Wildman–Crippen LogP) is 4.56. The molecular formula is C24H21N3O4S. The molecule has 32 heavy (non-hydrogen) atoms. The fraction of sp³-hybridized carbons (Fsp3) is 0.167. The van der Waals surface area contributed by atoms with Crippen molar-refractivity contribution < 1.29 is 19.1 Å². The van der Waals surface area contributed by atoms with Gasteiger partial charge < -0.3 is 9.47 Å². The van der Waals surface area contributed by atoms with Gasteiger partial charge in [-0.2, -0.15) is 10.1 Å². The van der Waals surface area contributed by atoms with E-state index in [4.69, 9.17) is 9.47 Å². The van der Waals surface area contributed by atoms with Gasteiger partial charge in [-0.1, -0.05) is 48.5 Å². The normalized spacial score (nSPS) is 14.6. The maximum absolute atomic E-state index is 13.1. The van der Waals surface area contributed by atoms with Crippen LogP contribution in [0.15, 0.2) is 70.7 Å². The lowest BCUT2D eigenvalue weighted by molar-refractivity contribution is -0.145. The quantitative estimate of drug-likeness (QED) is 0.392. The van der Waals surface area contributed by atoms with Crippen LogP contribution in [-0.2, 0) is 14.3 Å². The number of ether oxygens (including phenoxy) is 2. The lowest BCUT2D eigenvalue weighted by Gasteiger charge is -2.10. The zero-order chi connectivity index (χ0) is 22.5. The van der Waals surface area contributed by atoms with Crippen LogP contribution in [0.1, 0.15) is 19.4 Å². The topological polar surface area (TPSA) is 81.1 Å². The second kappa shape index (κ2) is 9.57. The SMILES string of the molecule is CCOC(=O)COc1ccccc1C=C1C(=O)N(c2nc(-c3ccccc3)cs2)N=C1C. The highest BCUT2D eigenvalue weighted by atomic mass is 32.1. The van der Waals surface area contributed by atoms with Crippen molar-refractivity contribution in [2.24, 2.45) is 5.10 Å². The lowest BCUT2D eigenvalue weighted by atomic mass is 10.1. The van der Waals surface area contributed by atoms with Crippen molar-refractivity contribution in [2.45, 2.75) is 13.8 Å². The van der Waals surface area contributed by atoms with E-state index >= 15 is 0 Å². The molecule has 0 saturated carbocycles. The van der Waals surface area contributed by atoms with Crippen molar-refractivity contribution in [3.05, 3.63) is 71.1 Å². The van der Waals surface area contributed by atoms with Crippen LogP contribution in [0.5, 0.6) is 5.75 Å². The number of benzene rings is 2. The fourth-order valence-electron chi connectivity index (χ4n) is 3.14. The standard InChI is InChI=1S/C24H21N3O4S/c1-3-30-22(28)14-31-21-12-8-7-11-18(21)13-19-16(2)26-27(23(19)29)24-25-20(15-32-24)17-9-5-4-6-10-17/h4-13,15H,3,14H2,1-2H3. The Bertz CT molecular complexity index is 1200. The smallest absolute Gasteiger partial charge is 0.344 e. The number of anilines is 1. The second-order valence-corrected chi connectivity index (χ2v) is 7.71. The molecule has 0 N–H and O–H groups in total. The van der Waals surface area contributed by atoms with Gasteiger partial charge in [0, 0.05) is 16.5 Å². The second-order valence-electron chi connectivity index (χ2n) is 6.87. The Labute approximate surface area is 189 Å². The van der Waals surface area contributed by atoms with Crippen LogP contribution in [0.2, 0.25) is 0 Å². The minimum absolute atomic E-state index is 0.206. The van der Waals surface area contributed by atoms with Gasteiger partial charge in [0.15, 0.2) is 6.61 Å². The lowest BCUT2D eigenvalue weighted by Crippen LogP contribution is -2.21. The molecule has 0 saturated heterocycles. The summed E-state index contributed by atoms with van der Waals surface area (Å²) < 4.78 is 10.5. The van der Waals surface area contributed by atoms with E-state index < -0.39 is 5.97 Å². The van der Waals surface area contributed by atoms with Crippen molar-refractivity contribution >= 4 is 40.1 Å². The molecule has 1 aromatic heterocycles. The predicted molar refractivity (Wildman–Crippen MR) is 125 cm³/mol. The number of carbonyl (C=O) groups excluding carboxylic acids is 2. The Kier molecular flexibility index (Phi) is 6.42. The molecule has 2 heterocycles. The molecule has 1 amide bonds. The van der Waals surface area contributed by atoms with Gasteiger partial charge in [-0.15, -0.1) is 11.3 Å². The summed E-state index contributed by atoms with van der Waals surface area (Å²) in [6.07, 6.45) is 1.72. The number of para-hydroxylation sites is 1. The van der Waals surface area contributed by atoms with Crippen LogP contribution >= 0.6 is 11.3 Å². The van der Waals surface area contributed by atoms with E-state index in [2.05, 4.69) is 10.1 Å². The van der Waals surface area contributed by atoms with Gasteiger partial charge in [-0.05, 0) is 26.0 Å². The Morgan fingerprint density at radius 3 is 2.66 bits per heavy atom. The van der Waals surface area contributed by atoms with E-state index in [0.717, 1.165) is 11.3 Å². The molecule has 8 heteroatoms. The first kappa shape index (κ1) is 21.5. The van der Waals surface area contributed by atoms with Crippen LogP contribution in [0.25, 0.3) is 17.3 Å². The molecule has 3 aromatic rings. The third-order valence-electron chi connectivity index (χ3n) is 4.68. The molecule has 0 unspecified atom stereocenters. The Hall–Kier alpha value is -3.78. The average molecular weight is 448 g/mol. The van der Waals surface area contributed by atoms with Crippen molar-refractivity contribution in [2.75, 3.05) is 18.2 Å². The average Bonchev–Trinajstić information content (AvgIpc) is 3.40. The maximum atomic E-state index is 13.1. The highest BCUT2D eigenvalue weighted by molar-refractivity contribution is 7.14. The summed E-state index contributed by atoms with van der Waals surface area (Å²) >= 11 is 1.36. The molecular weight excluding hydrogens is 426 g/mol.